The standard InChI is InChI=1S/C19H18N4/c1-20-16-9-5-8-14-15-10-18(22-12-17(15)23-19(14)16)21-11-13-6-3-2-4-7-13/h2-10,12,20,23H,11H2,1H3,(H,21,22). The van der Waals surface area contributed by atoms with Crippen LogP contribution in [0.2, 0.25) is 0 Å². The van der Waals surface area contributed by atoms with Crippen LogP contribution in [0.4, 0.5) is 11.5 Å². The number of aromatic amines is 1. The molecule has 4 aromatic rings. The van der Waals surface area contributed by atoms with Gasteiger partial charge in [0.25, 0.3) is 0 Å². The molecule has 23 heavy (non-hydrogen) atoms. The van der Waals surface area contributed by atoms with Gasteiger partial charge in [0, 0.05) is 24.4 Å². The third-order valence-corrected chi connectivity index (χ3v) is 4.10. The monoisotopic (exact) mass is 302 g/mol. The number of fused-ring (bicyclic) bond motifs is 3. The van der Waals surface area contributed by atoms with Crippen LogP contribution in [0.5, 0.6) is 0 Å². The molecule has 0 atom stereocenters. The molecule has 114 valence electrons. The first kappa shape index (κ1) is 13.6. The van der Waals surface area contributed by atoms with E-state index in [-0.39, 0.29) is 0 Å². The van der Waals surface area contributed by atoms with Crippen LogP contribution < -0.4 is 10.6 Å². The molecule has 0 spiro atoms. The maximum absolute atomic E-state index is 4.51. The number of hydrogen-bond donors (Lipinski definition) is 3. The van der Waals surface area contributed by atoms with E-state index in [4.69, 9.17) is 0 Å². The summed E-state index contributed by atoms with van der Waals surface area (Å²) in [6.45, 7) is 0.767. The number of aromatic nitrogens is 2. The summed E-state index contributed by atoms with van der Waals surface area (Å²) in [5.74, 6) is 0.886. The lowest BCUT2D eigenvalue weighted by atomic mass is 10.1. The Morgan fingerprint density at radius 1 is 1.00 bits per heavy atom. The van der Waals surface area contributed by atoms with Crippen molar-refractivity contribution in [2.24, 2.45) is 0 Å². The van der Waals surface area contributed by atoms with E-state index in [0.717, 1.165) is 29.1 Å². The van der Waals surface area contributed by atoms with Crippen LogP contribution in [-0.4, -0.2) is 17.0 Å². The van der Waals surface area contributed by atoms with Crippen molar-refractivity contribution in [1.29, 1.82) is 0 Å². The van der Waals surface area contributed by atoms with Crippen molar-refractivity contribution in [3.8, 4) is 0 Å². The summed E-state index contributed by atoms with van der Waals surface area (Å²) < 4.78 is 0. The van der Waals surface area contributed by atoms with Gasteiger partial charge in [-0.3, -0.25) is 0 Å². The van der Waals surface area contributed by atoms with Gasteiger partial charge < -0.3 is 15.6 Å². The third-order valence-electron chi connectivity index (χ3n) is 4.10. The molecule has 2 heterocycles. The van der Waals surface area contributed by atoms with E-state index in [1.54, 1.807) is 0 Å². The predicted molar refractivity (Wildman–Crippen MR) is 96.9 cm³/mol. The zero-order chi connectivity index (χ0) is 15.6. The normalized spacial score (nSPS) is 11.0. The molecular weight excluding hydrogens is 284 g/mol. The number of para-hydroxylation sites is 1. The van der Waals surface area contributed by atoms with Gasteiger partial charge in [-0.2, -0.15) is 0 Å². The largest absolute Gasteiger partial charge is 0.386 e. The average molecular weight is 302 g/mol. The van der Waals surface area contributed by atoms with E-state index < -0.39 is 0 Å². The Kier molecular flexibility index (Phi) is 3.35. The van der Waals surface area contributed by atoms with E-state index >= 15 is 0 Å². The van der Waals surface area contributed by atoms with Crippen molar-refractivity contribution in [3.63, 3.8) is 0 Å². The first-order chi connectivity index (χ1) is 11.3. The van der Waals surface area contributed by atoms with Crippen LogP contribution in [0.25, 0.3) is 21.8 Å². The molecule has 2 aromatic carbocycles. The Balaban J connectivity index is 1.71. The van der Waals surface area contributed by atoms with Gasteiger partial charge in [0.15, 0.2) is 0 Å². The summed E-state index contributed by atoms with van der Waals surface area (Å²) in [4.78, 5) is 7.96. The second-order valence-electron chi connectivity index (χ2n) is 5.56. The summed E-state index contributed by atoms with van der Waals surface area (Å²) >= 11 is 0. The molecule has 3 N–H and O–H groups in total. The van der Waals surface area contributed by atoms with Crippen LogP contribution in [0.1, 0.15) is 5.56 Å². The molecule has 4 nitrogen and oxygen atoms in total. The van der Waals surface area contributed by atoms with Gasteiger partial charge in [0.05, 0.1) is 22.9 Å². The highest BCUT2D eigenvalue weighted by Crippen LogP contribution is 2.30. The molecule has 4 heteroatoms. The minimum atomic E-state index is 0.767. The van der Waals surface area contributed by atoms with Gasteiger partial charge >= 0.3 is 0 Å². The lowest BCUT2D eigenvalue weighted by molar-refractivity contribution is 1.12. The van der Waals surface area contributed by atoms with Crippen LogP contribution in [0.3, 0.4) is 0 Å². The van der Waals surface area contributed by atoms with Gasteiger partial charge in [0.2, 0.25) is 0 Å². The van der Waals surface area contributed by atoms with E-state index in [2.05, 4.69) is 57.0 Å². The van der Waals surface area contributed by atoms with E-state index in [1.165, 1.54) is 16.3 Å². The van der Waals surface area contributed by atoms with Crippen molar-refractivity contribution in [3.05, 3.63) is 66.4 Å². The number of rotatable bonds is 4. The molecule has 0 bridgehead atoms. The molecule has 0 aliphatic rings. The highest BCUT2D eigenvalue weighted by molar-refractivity contribution is 6.11. The van der Waals surface area contributed by atoms with Crippen LogP contribution in [-0.2, 0) is 6.54 Å². The third kappa shape index (κ3) is 2.48. The second-order valence-corrected chi connectivity index (χ2v) is 5.56. The number of pyridine rings is 1. The van der Waals surface area contributed by atoms with Crippen molar-refractivity contribution in [2.45, 2.75) is 6.54 Å². The number of nitrogens with zero attached hydrogens (tertiary/aromatic N) is 1. The van der Waals surface area contributed by atoms with E-state index in [9.17, 15) is 0 Å². The molecule has 0 radical (unpaired) electrons. The number of benzene rings is 2. The van der Waals surface area contributed by atoms with Crippen LogP contribution in [0.15, 0.2) is 60.8 Å². The van der Waals surface area contributed by atoms with Crippen LogP contribution in [0, 0.1) is 0 Å². The number of hydrogen-bond acceptors (Lipinski definition) is 3. The Morgan fingerprint density at radius 3 is 2.70 bits per heavy atom. The predicted octanol–water partition coefficient (Wildman–Crippen LogP) is 4.37. The Labute approximate surface area is 134 Å². The van der Waals surface area contributed by atoms with E-state index in [0.29, 0.717) is 0 Å². The van der Waals surface area contributed by atoms with Gasteiger partial charge in [-0.1, -0.05) is 42.5 Å². The first-order valence-corrected chi connectivity index (χ1v) is 7.71. The lowest BCUT2D eigenvalue weighted by Gasteiger charge is -2.05. The maximum Gasteiger partial charge on any atom is 0.126 e. The molecule has 0 amide bonds. The van der Waals surface area contributed by atoms with Gasteiger partial charge in [-0.15, -0.1) is 0 Å². The van der Waals surface area contributed by atoms with Crippen molar-refractivity contribution >= 4 is 33.3 Å². The fraction of sp³-hybridized carbons (Fsp3) is 0.105. The average Bonchev–Trinajstić information content (AvgIpc) is 2.99. The molecule has 2 aromatic heterocycles. The Bertz CT molecular complexity index is 957. The fourth-order valence-electron chi connectivity index (χ4n) is 2.92. The number of anilines is 2. The minimum Gasteiger partial charge on any atom is -0.386 e. The van der Waals surface area contributed by atoms with Gasteiger partial charge in [0.1, 0.15) is 5.82 Å². The zero-order valence-corrected chi connectivity index (χ0v) is 12.9. The smallest absolute Gasteiger partial charge is 0.126 e. The molecule has 0 saturated carbocycles. The Hall–Kier alpha value is -3.01. The molecule has 0 aliphatic heterocycles. The number of H-pyrrole nitrogens is 1. The highest BCUT2D eigenvalue weighted by atomic mass is 15.0. The quantitative estimate of drug-likeness (QED) is 0.524. The molecule has 0 saturated heterocycles. The summed E-state index contributed by atoms with van der Waals surface area (Å²) in [7, 11) is 1.94. The Morgan fingerprint density at radius 2 is 1.87 bits per heavy atom. The molecule has 0 fully saturated rings. The zero-order valence-electron chi connectivity index (χ0n) is 12.9. The summed E-state index contributed by atoms with van der Waals surface area (Å²) in [5, 5.41) is 9.01. The summed E-state index contributed by atoms with van der Waals surface area (Å²) in [6.07, 6.45) is 1.89. The lowest BCUT2D eigenvalue weighted by Crippen LogP contribution is -2.00. The molecular formula is C19H18N4. The molecule has 4 rings (SSSR count). The highest BCUT2D eigenvalue weighted by Gasteiger charge is 2.08. The second kappa shape index (κ2) is 5.65. The number of nitrogens with one attached hydrogen (secondary N) is 3. The minimum absolute atomic E-state index is 0.767. The summed E-state index contributed by atoms with van der Waals surface area (Å²) in [6, 6.07) is 18.7. The van der Waals surface area contributed by atoms with Crippen molar-refractivity contribution in [2.75, 3.05) is 17.7 Å². The molecule has 0 unspecified atom stereocenters. The SMILES string of the molecule is CNc1cccc2c1[nH]c1cnc(NCc3ccccc3)cc12. The fourth-order valence-corrected chi connectivity index (χ4v) is 2.92. The maximum atomic E-state index is 4.51. The van der Waals surface area contributed by atoms with Crippen molar-refractivity contribution < 1.29 is 0 Å². The van der Waals surface area contributed by atoms with Crippen molar-refractivity contribution in [1.82, 2.24) is 9.97 Å². The topological polar surface area (TPSA) is 52.7 Å². The summed E-state index contributed by atoms with van der Waals surface area (Å²) in [5.41, 5.74) is 4.50. The van der Waals surface area contributed by atoms with Gasteiger partial charge in [-0.25, -0.2) is 4.98 Å². The molecule has 0 aliphatic carbocycles. The van der Waals surface area contributed by atoms with Crippen LogP contribution >= 0.6 is 0 Å². The first-order valence-electron chi connectivity index (χ1n) is 7.71. The van der Waals surface area contributed by atoms with E-state index in [1.807, 2.05) is 31.4 Å². The van der Waals surface area contributed by atoms with Gasteiger partial charge in [-0.05, 0) is 17.7 Å².